The van der Waals surface area contributed by atoms with Crippen LogP contribution in [0.4, 0.5) is 11.4 Å². The van der Waals surface area contributed by atoms with Gasteiger partial charge in [-0.25, -0.2) is 0 Å². The van der Waals surface area contributed by atoms with Crippen LogP contribution in [0.3, 0.4) is 0 Å². The zero-order valence-electron chi connectivity index (χ0n) is 17.5. The summed E-state index contributed by atoms with van der Waals surface area (Å²) in [7, 11) is 0. The Morgan fingerprint density at radius 3 is 2.41 bits per heavy atom. The molecule has 0 aliphatic heterocycles. The number of carbonyl (C=O) groups excluding carboxylic acids is 2. The second-order valence-corrected chi connectivity index (χ2v) is 7.32. The molecule has 1 amide bonds. The quantitative estimate of drug-likeness (QED) is 0.370. The molecule has 2 N–H and O–H groups in total. The third-order valence-corrected chi connectivity index (χ3v) is 5.08. The molecular formula is C27H23N3O2. The summed E-state index contributed by atoms with van der Waals surface area (Å²) < 4.78 is 0. The molecule has 0 radical (unpaired) electrons. The summed E-state index contributed by atoms with van der Waals surface area (Å²) in [5.41, 5.74) is 5.46. The Morgan fingerprint density at radius 2 is 1.62 bits per heavy atom. The summed E-state index contributed by atoms with van der Waals surface area (Å²) in [6.45, 7) is 0.774. The molecule has 1 heterocycles. The van der Waals surface area contributed by atoms with Gasteiger partial charge in [-0.15, -0.1) is 0 Å². The van der Waals surface area contributed by atoms with Crippen LogP contribution in [0.5, 0.6) is 0 Å². The van der Waals surface area contributed by atoms with Gasteiger partial charge in [-0.2, -0.15) is 0 Å². The molecule has 0 spiro atoms. The van der Waals surface area contributed by atoms with Crippen LogP contribution in [0.25, 0.3) is 11.1 Å². The minimum Gasteiger partial charge on any atom is -0.385 e. The molecule has 5 heteroatoms. The topological polar surface area (TPSA) is 71.1 Å². The van der Waals surface area contributed by atoms with Crippen molar-refractivity contribution in [2.75, 3.05) is 17.2 Å². The van der Waals surface area contributed by atoms with Crippen molar-refractivity contribution in [3.63, 3.8) is 0 Å². The standard InChI is InChI=1S/C27H23N3O2/c31-19-20-6-5-7-21(18-20)25-9-1-2-10-26(25)27(32)30-24-13-11-23(12-14-24)29-17-15-22-8-3-4-16-28-22/h1-14,16,18-19,29H,15,17H2,(H,30,32). The van der Waals surface area contributed by atoms with Crippen LogP contribution >= 0.6 is 0 Å². The van der Waals surface area contributed by atoms with E-state index in [2.05, 4.69) is 15.6 Å². The maximum Gasteiger partial charge on any atom is 0.256 e. The van der Waals surface area contributed by atoms with E-state index in [0.717, 1.165) is 41.8 Å². The lowest BCUT2D eigenvalue weighted by atomic mass is 9.98. The lowest BCUT2D eigenvalue weighted by Crippen LogP contribution is -2.13. The number of amides is 1. The summed E-state index contributed by atoms with van der Waals surface area (Å²) in [5.74, 6) is -0.201. The highest BCUT2D eigenvalue weighted by molar-refractivity contribution is 6.08. The molecule has 0 aliphatic carbocycles. The summed E-state index contributed by atoms with van der Waals surface area (Å²) in [5, 5.41) is 6.33. The molecule has 0 unspecified atom stereocenters. The van der Waals surface area contributed by atoms with Crippen LogP contribution in [0.1, 0.15) is 26.4 Å². The van der Waals surface area contributed by atoms with Gasteiger partial charge in [-0.3, -0.25) is 14.6 Å². The van der Waals surface area contributed by atoms with E-state index in [1.54, 1.807) is 24.4 Å². The molecule has 4 aromatic rings. The molecule has 0 saturated heterocycles. The van der Waals surface area contributed by atoms with Crippen LogP contribution in [0.15, 0.2) is 97.2 Å². The second-order valence-electron chi connectivity index (χ2n) is 7.32. The molecule has 0 fully saturated rings. The van der Waals surface area contributed by atoms with Crippen molar-refractivity contribution in [3.8, 4) is 11.1 Å². The molecule has 1 aromatic heterocycles. The van der Waals surface area contributed by atoms with Crippen LogP contribution in [0.2, 0.25) is 0 Å². The second kappa shape index (κ2) is 10.2. The van der Waals surface area contributed by atoms with Gasteiger partial charge in [-0.1, -0.05) is 42.5 Å². The average Bonchev–Trinajstić information content (AvgIpc) is 2.86. The van der Waals surface area contributed by atoms with E-state index < -0.39 is 0 Å². The first-order valence-corrected chi connectivity index (χ1v) is 10.4. The van der Waals surface area contributed by atoms with Crippen molar-refractivity contribution in [2.24, 2.45) is 0 Å². The molecule has 4 rings (SSSR count). The number of rotatable bonds is 8. The first kappa shape index (κ1) is 21.0. The van der Waals surface area contributed by atoms with E-state index in [-0.39, 0.29) is 5.91 Å². The Kier molecular flexibility index (Phi) is 6.68. The highest BCUT2D eigenvalue weighted by atomic mass is 16.1. The maximum atomic E-state index is 13.0. The van der Waals surface area contributed by atoms with E-state index in [0.29, 0.717) is 16.8 Å². The maximum absolute atomic E-state index is 13.0. The Bertz CT molecular complexity index is 1210. The molecule has 158 valence electrons. The molecule has 32 heavy (non-hydrogen) atoms. The van der Waals surface area contributed by atoms with Gasteiger partial charge in [0, 0.05) is 47.4 Å². The number of aromatic nitrogens is 1. The molecule has 0 atom stereocenters. The van der Waals surface area contributed by atoms with Crippen molar-refractivity contribution >= 4 is 23.6 Å². The number of nitrogens with one attached hydrogen (secondary N) is 2. The van der Waals surface area contributed by atoms with E-state index in [4.69, 9.17) is 0 Å². The fourth-order valence-corrected chi connectivity index (χ4v) is 3.46. The summed E-state index contributed by atoms with van der Waals surface area (Å²) in [4.78, 5) is 28.4. The van der Waals surface area contributed by atoms with E-state index >= 15 is 0 Å². The number of anilines is 2. The van der Waals surface area contributed by atoms with Gasteiger partial charge in [-0.05, 0) is 59.7 Å². The smallest absolute Gasteiger partial charge is 0.256 e. The van der Waals surface area contributed by atoms with Crippen LogP contribution in [-0.4, -0.2) is 23.7 Å². The summed E-state index contributed by atoms with van der Waals surface area (Å²) in [6.07, 6.45) is 3.43. The van der Waals surface area contributed by atoms with Crippen LogP contribution < -0.4 is 10.6 Å². The number of aldehydes is 1. The highest BCUT2D eigenvalue weighted by Crippen LogP contribution is 2.25. The molecule has 5 nitrogen and oxygen atoms in total. The van der Waals surface area contributed by atoms with Crippen LogP contribution in [-0.2, 0) is 6.42 Å². The number of carbonyl (C=O) groups is 2. The zero-order chi connectivity index (χ0) is 22.2. The van der Waals surface area contributed by atoms with Gasteiger partial charge in [0.15, 0.2) is 0 Å². The number of pyridine rings is 1. The Balaban J connectivity index is 1.41. The SMILES string of the molecule is O=Cc1cccc(-c2ccccc2C(=O)Nc2ccc(NCCc3ccccn3)cc2)c1. The van der Waals surface area contributed by atoms with E-state index in [9.17, 15) is 9.59 Å². The van der Waals surface area contributed by atoms with Gasteiger partial charge < -0.3 is 10.6 Å². The molecule has 0 saturated carbocycles. The van der Waals surface area contributed by atoms with Crippen molar-refractivity contribution in [3.05, 3.63) is 114 Å². The zero-order valence-corrected chi connectivity index (χ0v) is 17.5. The van der Waals surface area contributed by atoms with E-state index in [1.165, 1.54) is 0 Å². The number of benzene rings is 3. The lowest BCUT2D eigenvalue weighted by molar-refractivity contribution is 0.102. The predicted octanol–water partition coefficient (Wildman–Crippen LogP) is 5.47. The molecular weight excluding hydrogens is 398 g/mol. The third-order valence-electron chi connectivity index (χ3n) is 5.08. The van der Waals surface area contributed by atoms with Gasteiger partial charge in [0.2, 0.25) is 0 Å². The number of nitrogens with zero attached hydrogens (tertiary/aromatic N) is 1. The van der Waals surface area contributed by atoms with Gasteiger partial charge >= 0.3 is 0 Å². The summed E-state index contributed by atoms with van der Waals surface area (Å²) >= 11 is 0. The van der Waals surface area contributed by atoms with Gasteiger partial charge in [0.05, 0.1) is 0 Å². The fraction of sp³-hybridized carbons (Fsp3) is 0.0741. The summed E-state index contributed by atoms with van der Waals surface area (Å²) in [6, 6.07) is 28.1. The molecule has 0 bridgehead atoms. The minimum absolute atomic E-state index is 0.201. The van der Waals surface area contributed by atoms with Crippen molar-refractivity contribution in [1.29, 1.82) is 0 Å². The Morgan fingerprint density at radius 1 is 0.844 bits per heavy atom. The predicted molar refractivity (Wildman–Crippen MR) is 128 cm³/mol. The third kappa shape index (κ3) is 5.26. The Hall–Kier alpha value is -4.25. The van der Waals surface area contributed by atoms with Gasteiger partial charge in [0.25, 0.3) is 5.91 Å². The van der Waals surface area contributed by atoms with E-state index in [1.807, 2.05) is 72.8 Å². The number of hydrogen-bond donors (Lipinski definition) is 2. The lowest BCUT2D eigenvalue weighted by Gasteiger charge is -2.12. The van der Waals surface area contributed by atoms with Crippen molar-refractivity contribution in [1.82, 2.24) is 4.98 Å². The monoisotopic (exact) mass is 421 g/mol. The highest BCUT2D eigenvalue weighted by Gasteiger charge is 2.13. The molecule has 3 aromatic carbocycles. The average molecular weight is 422 g/mol. The molecule has 0 aliphatic rings. The fourth-order valence-electron chi connectivity index (χ4n) is 3.46. The van der Waals surface area contributed by atoms with Crippen LogP contribution in [0, 0.1) is 0 Å². The van der Waals surface area contributed by atoms with Crippen molar-refractivity contribution in [2.45, 2.75) is 6.42 Å². The number of hydrogen-bond acceptors (Lipinski definition) is 4. The Labute approximate surface area is 187 Å². The first-order valence-electron chi connectivity index (χ1n) is 10.4. The minimum atomic E-state index is -0.201. The van der Waals surface area contributed by atoms with Crippen molar-refractivity contribution < 1.29 is 9.59 Å². The normalized spacial score (nSPS) is 10.4. The largest absolute Gasteiger partial charge is 0.385 e. The first-order chi connectivity index (χ1) is 15.7. The van der Waals surface area contributed by atoms with Gasteiger partial charge in [0.1, 0.15) is 6.29 Å².